The topological polar surface area (TPSA) is 58.4 Å². The number of nitrogens with zero attached hydrogens (tertiary/aromatic N) is 2. The number of carbonyl (C=O) groups is 1. The van der Waals surface area contributed by atoms with Crippen molar-refractivity contribution in [2.45, 2.75) is 59.3 Å². The van der Waals surface area contributed by atoms with Gasteiger partial charge in [0.1, 0.15) is 5.65 Å². The van der Waals surface area contributed by atoms with Crippen molar-refractivity contribution in [3.05, 3.63) is 58.8 Å². The van der Waals surface area contributed by atoms with Crippen LogP contribution in [0.2, 0.25) is 5.02 Å². The molecule has 1 saturated carbocycles. The number of hydrogen-bond donors (Lipinski definition) is 2. The lowest BCUT2D eigenvalue weighted by Crippen LogP contribution is -2.29. The highest BCUT2D eigenvalue weighted by atomic mass is 35.5. The third kappa shape index (κ3) is 6.10. The molecular formula is C23H33ClN4O. The molecule has 1 aliphatic rings. The minimum atomic E-state index is -0.309. The van der Waals surface area contributed by atoms with E-state index in [1.54, 1.807) is 12.3 Å². The molecule has 3 rings (SSSR count). The van der Waals surface area contributed by atoms with Crippen LogP contribution in [0.1, 0.15) is 65.0 Å². The predicted octanol–water partition coefficient (Wildman–Crippen LogP) is 5.43. The van der Waals surface area contributed by atoms with Gasteiger partial charge in [0.2, 0.25) is 5.91 Å². The fourth-order valence-electron chi connectivity index (χ4n) is 3.23. The summed E-state index contributed by atoms with van der Waals surface area (Å²) in [7, 11) is 1.94. The van der Waals surface area contributed by atoms with Crippen LogP contribution in [0.3, 0.4) is 0 Å². The molecule has 0 aromatic carbocycles. The zero-order valence-corrected chi connectivity index (χ0v) is 18.9. The second-order valence-electron chi connectivity index (χ2n) is 6.92. The average Bonchev–Trinajstić information content (AvgIpc) is 3.48. The Kier molecular flexibility index (Phi) is 8.77. The SMILES string of the molecule is CC.CC/C=C(/C=C(\NC)C1CC1)NC(=O)C(CC)c1cn2cc(Cl)ccc2n1. The number of fused-ring (bicyclic) bond motifs is 1. The summed E-state index contributed by atoms with van der Waals surface area (Å²) in [5, 5.41) is 7.01. The van der Waals surface area contributed by atoms with E-state index in [1.165, 1.54) is 18.5 Å². The predicted molar refractivity (Wildman–Crippen MR) is 121 cm³/mol. The second kappa shape index (κ2) is 11.1. The molecule has 2 heterocycles. The fraction of sp³-hybridized carbons (Fsp3) is 0.478. The van der Waals surface area contributed by atoms with Crippen LogP contribution in [0.4, 0.5) is 0 Å². The van der Waals surface area contributed by atoms with Crippen LogP contribution in [0.25, 0.3) is 5.65 Å². The molecule has 2 N–H and O–H groups in total. The Balaban J connectivity index is 0.00000145. The summed E-state index contributed by atoms with van der Waals surface area (Å²) < 4.78 is 1.86. The number of hydrogen-bond acceptors (Lipinski definition) is 3. The highest BCUT2D eigenvalue weighted by Crippen LogP contribution is 2.35. The lowest BCUT2D eigenvalue weighted by Gasteiger charge is -2.15. The molecule has 6 heteroatoms. The van der Waals surface area contributed by atoms with Crippen molar-refractivity contribution in [2.24, 2.45) is 5.92 Å². The summed E-state index contributed by atoms with van der Waals surface area (Å²) in [6, 6.07) is 3.66. The van der Waals surface area contributed by atoms with Crippen molar-refractivity contribution >= 4 is 23.2 Å². The minimum Gasteiger partial charge on any atom is -0.391 e. The molecule has 1 aliphatic carbocycles. The van der Waals surface area contributed by atoms with Gasteiger partial charge in [-0.1, -0.05) is 45.4 Å². The van der Waals surface area contributed by atoms with E-state index < -0.39 is 0 Å². The number of rotatable bonds is 8. The monoisotopic (exact) mass is 416 g/mol. The molecule has 2 aromatic rings. The minimum absolute atomic E-state index is 0.0331. The van der Waals surface area contributed by atoms with Gasteiger partial charge in [0.05, 0.1) is 16.6 Å². The van der Waals surface area contributed by atoms with Gasteiger partial charge in [0, 0.05) is 30.8 Å². The number of nitrogens with one attached hydrogen (secondary N) is 2. The van der Waals surface area contributed by atoms with Gasteiger partial charge in [-0.3, -0.25) is 4.79 Å². The number of pyridine rings is 1. The van der Waals surface area contributed by atoms with Crippen molar-refractivity contribution in [3.63, 3.8) is 0 Å². The van der Waals surface area contributed by atoms with Gasteiger partial charge in [0.15, 0.2) is 0 Å². The van der Waals surface area contributed by atoms with Crippen LogP contribution in [-0.2, 0) is 4.79 Å². The summed E-state index contributed by atoms with van der Waals surface area (Å²) in [5.41, 5.74) is 3.58. The van der Waals surface area contributed by atoms with Crippen LogP contribution in [-0.4, -0.2) is 22.3 Å². The van der Waals surface area contributed by atoms with Gasteiger partial charge in [-0.05, 0) is 49.8 Å². The lowest BCUT2D eigenvalue weighted by molar-refractivity contribution is -0.121. The van der Waals surface area contributed by atoms with Crippen molar-refractivity contribution in [1.82, 2.24) is 20.0 Å². The molecule has 0 bridgehead atoms. The van der Waals surface area contributed by atoms with Crippen LogP contribution < -0.4 is 10.6 Å². The number of amides is 1. The molecule has 1 atom stereocenters. The van der Waals surface area contributed by atoms with Gasteiger partial charge in [0.25, 0.3) is 0 Å². The van der Waals surface area contributed by atoms with Crippen LogP contribution in [0.5, 0.6) is 0 Å². The molecule has 5 nitrogen and oxygen atoms in total. The highest BCUT2D eigenvalue weighted by Gasteiger charge is 2.26. The average molecular weight is 417 g/mol. The zero-order valence-electron chi connectivity index (χ0n) is 18.1. The van der Waals surface area contributed by atoms with Crippen molar-refractivity contribution < 1.29 is 4.79 Å². The molecule has 0 aliphatic heterocycles. The van der Waals surface area contributed by atoms with Gasteiger partial charge >= 0.3 is 0 Å². The van der Waals surface area contributed by atoms with E-state index in [-0.39, 0.29) is 11.8 Å². The number of halogens is 1. The van der Waals surface area contributed by atoms with E-state index in [0.717, 1.165) is 23.5 Å². The lowest BCUT2D eigenvalue weighted by atomic mass is 10.0. The summed E-state index contributed by atoms with van der Waals surface area (Å²) in [4.78, 5) is 17.6. The molecule has 29 heavy (non-hydrogen) atoms. The first-order chi connectivity index (χ1) is 14.0. The van der Waals surface area contributed by atoms with Crippen molar-refractivity contribution in [1.29, 1.82) is 0 Å². The van der Waals surface area contributed by atoms with Crippen LogP contribution in [0, 0.1) is 5.92 Å². The van der Waals surface area contributed by atoms with E-state index in [1.807, 2.05) is 50.6 Å². The molecule has 2 aromatic heterocycles. The molecule has 0 saturated heterocycles. The maximum atomic E-state index is 13.0. The molecule has 1 fully saturated rings. The number of aromatic nitrogens is 2. The molecule has 1 unspecified atom stereocenters. The first-order valence-corrected chi connectivity index (χ1v) is 11.0. The molecule has 0 spiro atoms. The molecular weight excluding hydrogens is 384 g/mol. The summed E-state index contributed by atoms with van der Waals surface area (Å²) in [6.07, 6.45) is 11.8. The standard InChI is InChI=1S/C21H27ClN4O.C2H6/c1-4-6-16(11-18(23-3)14-7-8-14)24-21(27)17(5-2)19-13-26-12-15(22)9-10-20(26)25-19;1-2/h6,9-14,17,23H,4-5,7-8H2,1-3H3,(H,24,27);1-2H3/b16-6-,18-11-;. The first kappa shape index (κ1) is 23.0. The van der Waals surface area contributed by atoms with Gasteiger partial charge in [-0.25, -0.2) is 4.98 Å². The van der Waals surface area contributed by atoms with Gasteiger partial charge in [-0.2, -0.15) is 0 Å². The highest BCUT2D eigenvalue weighted by molar-refractivity contribution is 6.30. The van der Waals surface area contributed by atoms with E-state index >= 15 is 0 Å². The Hall–Kier alpha value is -2.27. The van der Waals surface area contributed by atoms with E-state index in [2.05, 4.69) is 28.6 Å². The molecule has 158 valence electrons. The second-order valence-corrected chi connectivity index (χ2v) is 7.36. The van der Waals surface area contributed by atoms with Gasteiger partial charge < -0.3 is 15.0 Å². The van der Waals surface area contributed by atoms with Gasteiger partial charge in [-0.15, -0.1) is 0 Å². The smallest absolute Gasteiger partial charge is 0.233 e. The number of carbonyl (C=O) groups excluding carboxylic acids is 1. The van der Waals surface area contributed by atoms with Crippen molar-refractivity contribution in [2.75, 3.05) is 7.05 Å². The Morgan fingerprint density at radius 1 is 1.31 bits per heavy atom. The van der Waals surface area contributed by atoms with E-state index in [0.29, 0.717) is 17.4 Å². The van der Waals surface area contributed by atoms with Crippen molar-refractivity contribution in [3.8, 4) is 0 Å². The third-order valence-corrected chi connectivity index (χ3v) is 5.05. The number of imidazole rings is 1. The molecule has 1 amide bonds. The zero-order chi connectivity index (χ0) is 21.4. The Morgan fingerprint density at radius 2 is 2.03 bits per heavy atom. The van der Waals surface area contributed by atoms with Crippen LogP contribution in [0.15, 0.2) is 48.1 Å². The largest absolute Gasteiger partial charge is 0.391 e. The summed E-state index contributed by atoms with van der Waals surface area (Å²) in [5.74, 6) is 0.253. The fourth-order valence-corrected chi connectivity index (χ4v) is 3.40. The summed E-state index contributed by atoms with van der Waals surface area (Å²) >= 11 is 6.05. The Labute approximate surface area is 179 Å². The molecule has 0 radical (unpaired) electrons. The normalized spacial score (nSPS) is 15.5. The number of allylic oxidation sites excluding steroid dienone is 3. The van der Waals surface area contributed by atoms with Crippen LogP contribution >= 0.6 is 11.6 Å². The maximum Gasteiger partial charge on any atom is 0.233 e. The summed E-state index contributed by atoms with van der Waals surface area (Å²) in [6.45, 7) is 8.07. The van der Waals surface area contributed by atoms with E-state index in [9.17, 15) is 4.79 Å². The quantitative estimate of drug-likeness (QED) is 0.564. The van der Waals surface area contributed by atoms with E-state index in [4.69, 9.17) is 11.6 Å². The maximum absolute atomic E-state index is 13.0. The Morgan fingerprint density at radius 3 is 2.62 bits per heavy atom. The third-order valence-electron chi connectivity index (χ3n) is 4.82. The Bertz CT molecular complexity index is 880. The first-order valence-electron chi connectivity index (χ1n) is 10.6.